The second-order valence-corrected chi connectivity index (χ2v) is 57.5. The predicted octanol–water partition coefficient (Wildman–Crippen LogP) is 22.3. The van der Waals surface area contributed by atoms with Crippen molar-refractivity contribution < 1.29 is 0 Å². The molecule has 2 aromatic heterocycles. The normalized spacial score (nSPS) is 22.3. The molecule has 9 heteroatoms. The third-order valence-corrected chi connectivity index (χ3v) is 34.7. The van der Waals surface area contributed by atoms with Gasteiger partial charge in [0.15, 0.2) is 0 Å². The van der Waals surface area contributed by atoms with Gasteiger partial charge in [-0.2, -0.15) is 0 Å². The zero-order valence-corrected chi connectivity index (χ0v) is 69.1. The molecule has 0 fully saturated rings. The van der Waals surface area contributed by atoms with Crippen LogP contribution in [0.4, 0.5) is 22.7 Å². The summed E-state index contributed by atoms with van der Waals surface area (Å²) in [6.07, 6.45) is 42.6. The van der Waals surface area contributed by atoms with Gasteiger partial charge in [-0.1, -0.05) is 250 Å². The average molecular weight is 1440 g/mol. The third-order valence-electron chi connectivity index (χ3n) is 26.5. The summed E-state index contributed by atoms with van der Waals surface area (Å²) in [5, 5.41) is 11.7. The highest BCUT2D eigenvalue weighted by molar-refractivity contribution is 7.00. The Morgan fingerprint density at radius 2 is 0.743 bits per heavy atom. The first-order valence-corrected chi connectivity index (χ1v) is 55.0. The van der Waals surface area contributed by atoms with E-state index in [2.05, 4.69) is 298 Å². The van der Waals surface area contributed by atoms with Crippen molar-refractivity contribution in [1.82, 2.24) is 9.13 Å². The Hall–Kier alpha value is -7.67. The Balaban J connectivity index is 0.970. The van der Waals surface area contributed by atoms with E-state index in [0.29, 0.717) is 23.7 Å². The van der Waals surface area contributed by atoms with Crippen molar-refractivity contribution in [1.29, 1.82) is 0 Å². The van der Waals surface area contributed by atoms with Gasteiger partial charge in [-0.05, 0) is 227 Å². The topological polar surface area (TPSA) is 16.3 Å². The lowest BCUT2D eigenvalue weighted by atomic mass is 9.33. The highest BCUT2D eigenvalue weighted by atomic mass is 28.3. The molecule has 0 amide bonds. The van der Waals surface area contributed by atoms with Crippen LogP contribution in [0.5, 0.6) is 0 Å². The molecule has 8 aromatic carbocycles. The molecule has 0 spiro atoms. The van der Waals surface area contributed by atoms with Gasteiger partial charge < -0.3 is 18.9 Å². The van der Waals surface area contributed by atoms with Gasteiger partial charge in [0, 0.05) is 67.5 Å². The number of benzene rings is 8. The van der Waals surface area contributed by atoms with Crippen LogP contribution in [0.2, 0.25) is 78.6 Å². The van der Waals surface area contributed by atoms with Crippen molar-refractivity contribution in [2.45, 2.75) is 206 Å². The lowest BCUT2D eigenvalue weighted by molar-refractivity contribution is 0.391. The molecule has 0 bridgehead atoms. The van der Waals surface area contributed by atoms with Crippen molar-refractivity contribution >= 4 is 143 Å². The molecule has 0 N–H and O–H groups in total. The van der Waals surface area contributed by atoms with Crippen LogP contribution in [0.25, 0.3) is 66.1 Å². The van der Waals surface area contributed by atoms with Crippen molar-refractivity contribution in [2.24, 2.45) is 23.7 Å². The molecule has 4 heterocycles. The molecule has 6 aliphatic carbocycles. The number of rotatable bonds is 13. The Morgan fingerprint density at radius 3 is 1.10 bits per heavy atom. The molecule has 2 aliphatic heterocycles. The largest absolute Gasteiger partial charge is 0.334 e. The number of allylic oxidation sites excluding steroid dienone is 8. The first-order chi connectivity index (χ1) is 50.6. The number of anilines is 4. The predicted molar refractivity (Wildman–Crippen MR) is 470 cm³/mol. The van der Waals surface area contributed by atoms with E-state index in [1.165, 1.54) is 203 Å². The highest BCUT2D eigenvalue weighted by Crippen LogP contribution is 2.54. The van der Waals surface area contributed by atoms with Crippen molar-refractivity contribution in [2.75, 3.05) is 9.80 Å². The Labute approximate surface area is 631 Å². The number of hydrogen-bond acceptors (Lipinski definition) is 2. The minimum Gasteiger partial charge on any atom is -0.334 e. The maximum atomic E-state index is 3.09. The van der Waals surface area contributed by atoms with E-state index >= 15 is 0 Å². The summed E-state index contributed by atoms with van der Waals surface area (Å²) < 4.78 is 5.39. The Morgan fingerprint density at radius 1 is 0.343 bits per heavy atom. The van der Waals surface area contributed by atoms with Crippen molar-refractivity contribution in [3.63, 3.8) is 0 Å². The molecule has 18 rings (SSSR count). The molecule has 0 saturated heterocycles. The van der Waals surface area contributed by atoms with Crippen molar-refractivity contribution in [3.8, 4) is 22.5 Å². The smallest absolute Gasteiger partial charge is 0.252 e. The standard InChI is InChI=1S/C96H111BN4Si4/c1-102(2,3)72-46-52-86-80(60-72)81-61-73(103(4,5)6)47-53-87(81)98(86)70-44-50-84-90(58-70)100(95-76(65-32-20-14-21-33-65)40-28-41-77(95)66-34-22-15-23-35-66)92-56-69(64-30-18-13-19-31-64)57-93-94(92)97(84)85-51-45-71(99-88-54-48-74(104(7,8)9)62-82(88)83-63-75(105(10,11)12)49-55-89(83)99)59-91(85)101(93)96-78(67-36-24-16-25-37-67)42-29-43-79(96)68-38-26-17-27-39-68/h13-14,16,18-20,24,30-31,34,38,40,42,44-63,65,67,77,79,95-96H,15,17,21-23,25-29,32-33,35-37,39,41,43H2,1-12H3. The average Bonchev–Trinajstić information content (AvgIpc) is 1.14. The van der Waals surface area contributed by atoms with Crippen LogP contribution < -0.4 is 46.9 Å². The minimum absolute atomic E-state index is 0.0455. The highest BCUT2D eigenvalue weighted by Gasteiger charge is 2.51. The van der Waals surface area contributed by atoms with Crippen LogP contribution in [0.15, 0.2) is 223 Å². The van der Waals surface area contributed by atoms with E-state index < -0.39 is 32.3 Å². The number of hydrogen-bond donors (Lipinski definition) is 0. The summed E-state index contributed by atoms with van der Waals surface area (Å²) in [5.74, 6) is 1.72. The van der Waals surface area contributed by atoms with E-state index in [-0.39, 0.29) is 18.8 Å². The monoisotopic (exact) mass is 1440 g/mol. The van der Waals surface area contributed by atoms with E-state index in [9.17, 15) is 0 Å². The second-order valence-electron chi connectivity index (χ2n) is 37.2. The van der Waals surface area contributed by atoms with Crippen LogP contribution in [0.3, 0.4) is 0 Å². The van der Waals surface area contributed by atoms with Crippen LogP contribution >= 0.6 is 0 Å². The number of aromatic nitrogens is 2. The van der Waals surface area contributed by atoms with Crippen LogP contribution in [0, 0.1) is 23.7 Å². The third kappa shape index (κ3) is 12.1. The Kier molecular flexibility index (Phi) is 17.5. The lowest BCUT2D eigenvalue weighted by Crippen LogP contribution is -2.65. The van der Waals surface area contributed by atoms with E-state index in [4.69, 9.17) is 0 Å². The van der Waals surface area contributed by atoms with E-state index in [1.807, 2.05) is 0 Å². The molecular weight excluding hydrogens is 1330 g/mol. The van der Waals surface area contributed by atoms with Gasteiger partial charge in [-0.3, -0.25) is 0 Å². The maximum Gasteiger partial charge on any atom is 0.252 e. The van der Waals surface area contributed by atoms with Gasteiger partial charge >= 0.3 is 0 Å². The van der Waals surface area contributed by atoms with Crippen molar-refractivity contribution in [3.05, 3.63) is 223 Å². The van der Waals surface area contributed by atoms with Gasteiger partial charge in [0.25, 0.3) is 6.71 Å². The van der Waals surface area contributed by atoms with Gasteiger partial charge in [0.1, 0.15) is 0 Å². The molecule has 105 heavy (non-hydrogen) atoms. The second kappa shape index (κ2) is 26.6. The zero-order chi connectivity index (χ0) is 72.0. The fraction of sp³-hybridized carbons (Fsp3) is 0.375. The molecule has 6 unspecified atom stereocenters. The maximum absolute atomic E-state index is 3.09. The molecule has 4 nitrogen and oxygen atoms in total. The Bertz CT molecular complexity index is 4890. The van der Waals surface area contributed by atoms with Crippen LogP contribution in [-0.2, 0) is 0 Å². The summed E-state index contributed by atoms with van der Waals surface area (Å²) in [4.78, 5) is 6.18. The van der Waals surface area contributed by atoms with Gasteiger partial charge in [0.05, 0.1) is 66.4 Å². The van der Waals surface area contributed by atoms with Gasteiger partial charge in [0.2, 0.25) is 0 Å². The first kappa shape index (κ1) is 69.1. The first-order valence-electron chi connectivity index (χ1n) is 41.0. The summed E-state index contributed by atoms with van der Waals surface area (Å²) in [7, 11) is -6.75. The summed E-state index contributed by atoms with van der Waals surface area (Å²) in [6.45, 7) is 30.2. The summed E-state index contributed by atoms with van der Waals surface area (Å²) >= 11 is 0. The van der Waals surface area contributed by atoms with Crippen LogP contribution in [-0.4, -0.2) is 60.2 Å². The van der Waals surface area contributed by atoms with Crippen LogP contribution in [0.1, 0.15) is 116 Å². The molecule has 0 saturated carbocycles. The molecular formula is C96H111BN4Si4. The fourth-order valence-corrected chi connectivity index (χ4v) is 25.5. The quantitative estimate of drug-likeness (QED) is 0.0845. The molecule has 6 atom stereocenters. The summed E-state index contributed by atoms with van der Waals surface area (Å²) in [6, 6.07) is 63.9. The SMILES string of the molecule is C[Si](C)(C)c1ccc2c(c1)c1cc([Si](C)(C)C)ccc1n2-c1ccc2c(c1)N(C1C(C3CC=CCC3)=CCCC1C1=CCCCC1)c1cc(-c3ccccc3)cc3c1B2c1ccc(-n2c4ccc([Si](C)(C)C)cc4c4cc([Si](C)(C)C)ccc42)cc1N3C1C(C2CC=CCC2)=CCCC1C1=CCCCC1. The molecule has 534 valence electrons. The fourth-order valence-electron chi connectivity index (χ4n) is 20.9. The number of nitrogens with zero attached hydrogens (tertiary/aromatic N) is 4. The summed E-state index contributed by atoms with van der Waals surface area (Å²) in [5.41, 5.74) is 27.2. The molecule has 8 aliphatic rings. The van der Waals surface area contributed by atoms with E-state index in [1.54, 1.807) is 22.3 Å². The molecule has 0 radical (unpaired) electrons. The number of fused-ring (bicyclic) bond motifs is 10. The molecule has 10 aromatic rings. The lowest BCUT2D eigenvalue weighted by Gasteiger charge is -2.53. The van der Waals surface area contributed by atoms with Gasteiger partial charge in [-0.25, -0.2) is 0 Å². The van der Waals surface area contributed by atoms with E-state index in [0.717, 1.165) is 38.5 Å². The van der Waals surface area contributed by atoms with Gasteiger partial charge in [-0.15, -0.1) is 0 Å². The zero-order valence-electron chi connectivity index (χ0n) is 65.1. The minimum atomic E-state index is -1.69.